The van der Waals surface area contributed by atoms with Crippen LogP contribution in [-0.2, 0) is 4.79 Å². The third-order valence-electron chi connectivity index (χ3n) is 3.96. The van der Waals surface area contributed by atoms with Gasteiger partial charge in [0.1, 0.15) is 0 Å². The summed E-state index contributed by atoms with van der Waals surface area (Å²) in [5, 5.41) is 5.12. The number of nitrogens with one attached hydrogen (secondary N) is 1. The fourth-order valence-corrected chi connectivity index (χ4v) is 2.98. The van der Waals surface area contributed by atoms with Crippen molar-refractivity contribution in [2.75, 3.05) is 5.75 Å². The normalized spacial score (nSPS) is 12.6. The molecular weight excluding hydrogens is 292 g/mol. The molecule has 0 spiro atoms. The van der Waals surface area contributed by atoms with Crippen molar-refractivity contribution in [3.05, 3.63) is 35.4 Å². The minimum atomic E-state index is 0.0653. The molecule has 118 valence electrons. The molecule has 0 aliphatic rings. The fourth-order valence-electron chi connectivity index (χ4n) is 2.21. The molecule has 0 fully saturated rings. The van der Waals surface area contributed by atoms with Crippen LogP contribution in [0.1, 0.15) is 31.9 Å². The van der Waals surface area contributed by atoms with Crippen molar-refractivity contribution in [2.24, 2.45) is 5.92 Å². The number of aryl methyl sites for hydroxylation is 2. The van der Waals surface area contributed by atoms with Crippen LogP contribution in [0.15, 0.2) is 29.3 Å². The van der Waals surface area contributed by atoms with Gasteiger partial charge >= 0.3 is 0 Å². The first-order valence-electron chi connectivity index (χ1n) is 7.67. The molecular formula is C18H24N2OS. The number of hydrogen-bond donors (Lipinski definition) is 1. The molecule has 3 nitrogen and oxygen atoms in total. The Morgan fingerprint density at radius 2 is 1.95 bits per heavy atom. The largest absolute Gasteiger partial charge is 0.353 e. The molecule has 1 aromatic heterocycles. The number of carbonyl (C=O) groups excluding carboxylic acids is 1. The van der Waals surface area contributed by atoms with Crippen LogP contribution in [0.2, 0.25) is 0 Å². The van der Waals surface area contributed by atoms with Crippen LogP contribution in [0, 0.1) is 19.8 Å². The number of nitrogens with zero attached hydrogens (tertiary/aromatic N) is 1. The van der Waals surface area contributed by atoms with E-state index in [0.717, 1.165) is 10.5 Å². The number of fused-ring (bicyclic) bond motifs is 1. The van der Waals surface area contributed by atoms with Gasteiger partial charge in [0, 0.05) is 11.4 Å². The van der Waals surface area contributed by atoms with Crippen LogP contribution in [0.4, 0.5) is 0 Å². The number of rotatable bonds is 5. The summed E-state index contributed by atoms with van der Waals surface area (Å²) in [4.78, 5) is 16.7. The van der Waals surface area contributed by atoms with E-state index in [9.17, 15) is 4.79 Å². The number of para-hydroxylation sites is 1. The van der Waals surface area contributed by atoms with Gasteiger partial charge in [0.2, 0.25) is 5.91 Å². The van der Waals surface area contributed by atoms with Gasteiger partial charge in [0.25, 0.3) is 0 Å². The highest BCUT2D eigenvalue weighted by atomic mass is 32.2. The maximum absolute atomic E-state index is 12.0. The predicted octanol–water partition coefficient (Wildman–Crippen LogP) is 4.10. The van der Waals surface area contributed by atoms with Crippen molar-refractivity contribution < 1.29 is 4.79 Å². The average Bonchev–Trinajstić information content (AvgIpc) is 2.46. The highest BCUT2D eigenvalue weighted by Crippen LogP contribution is 2.25. The number of pyridine rings is 1. The van der Waals surface area contributed by atoms with Crippen molar-refractivity contribution in [1.82, 2.24) is 10.3 Å². The lowest BCUT2D eigenvalue weighted by atomic mass is 10.1. The highest BCUT2D eigenvalue weighted by Gasteiger charge is 2.12. The van der Waals surface area contributed by atoms with E-state index in [1.165, 1.54) is 28.3 Å². The number of amides is 1. The van der Waals surface area contributed by atoms with Crippen LogP contribution in [-0.4, -0.2) is 22.7 Å². The number of carbonyl (C=O) groups is 1. The summed E-state index contributed by atoms with van der Waals surface area (Å²) in [7, 11) is 0. The maximum Gasteiger partial charge on any atom is 0.230 e. The molecule has 0 aliphatic carbocycles. The molecule has 1 unspecified atom stereocenters. The summed E-state index contributed by atoms with van der Waals surface area (Å²) in [6, 6.07) is 8.48. The number of aromatic nitrogens is 1. The summed E-state index contributed by atoms with van der Waals surface area (Å²) in [5.41, 5.74) is 3.40. The Labute approximate surface area is 136 Å². The Morgan fingerprint density at radius 3 is 2.64 bits per heavy atom. The number of benzene rings is 1. The summed E-state index contributed by atoms with van der Waals surface area (Å²) in [5.74, 6) is 0.911. The molecule has 0 bridgehead atoms. The van der Waals surface area contributed by atoms with E-state index in [1.807, 2.05) is 6.92 Å². The minimum absolute atomic E-state index is 0.0653. The first-order chi connectivity index (χ1) is 10.4. The van der Waals surface area contributed by atoms with E-state index in [-0.39, 0.29) is 11.9 Å². The van der Waals surface area contributed by atoms with Crippen LogP contribution < -0.4 is 5.32 Å². The van der Waals surface area contributed by atoms with Crippen molar-refractivity contribution in [3.63, 3.8) is 0 Å². The van der Waals surface area contributed by atoms with Gasteiger partial charge in [-0.05, 0) is 43.9 Å². The second-order valence-corrected chi connectivity index (χ2v) is 7.13. The maximum atomic E-state index is 12.0. The van der Waals surface area contributed by atoms with Crippen LogP contribution in [0.25, 0.3) is 10.9 Å². The zero-order valence-corrected chi connectivity index (χ0v) is 14.8. The van der Waals surface area contributed by atoms with Gasteiger partial charge in [-0.2, -0.15) is 0 Å². The quantitative estimate of drug-likeness (QED) is 0.844. The third kappa shape index (κ3) is 4.01. The van der Waals surface area contributed by atoms with Gasteiger partial charge in [0.05, 0.1) is 16.3 Å². The third-order valence-corrected chi connectivity index (χ3v) is 4.88. The average molecular weight is 316 g/mol. The molecule has 0 radical (unpaired) electrons. The van der Waals surface area contributed by atoms with Gasteiger partial charge in [-0.1, -0.05) is 43.8 Å². The first-order valence-corrected chi connectivity index (χ1v) is 8.66. The van der Waals surface area contributed by atoms with E-state index >= 15 is 0 Å². The second-order valence-electron chi connectivity index (χ2n) is 6.14. The first kappa shape index (κ1) is 16.8. The summed E-state index contributed by atoms with van der Waals surface area (Å²) >= 11 is 1.50. The van der Waals surface area contributed by atoms with Crippen LogP contribution in [0.5, 0.6) is 0 Å². The van der Waals surface area contributed by atoms with Gasteiger partial charge in [-0.15, -0.1) is 0 Å². The molecule has 1 N–H and O–H groups in total. The lowest BCUT2D eigenvalue weighted by molar-refractivity contribution is -0.119. The molecule has 1 amide bonds. The Kier molecular flexibility index (Phi) is 5.46. The van der Waals surface area contributed by atoms with Crippen molar-refractivity contribution in [3.8, 4) is 0 Å². The van der Waals surface area contributed by atoms with E-state index in [0.29, 0.717) is 11.7 Å². The van der Waals surface area contributed by atoms with E-state index in [4.69, 9.17) is 4.98 Å². The van der Waals surface area contributed by atoms with E-state index in [1.54, 1.807) is 0 Å². The van der Waals surface area contributed by atoms with E-state index in [2.05, 4.69) is 57.3 Å². The fraction of sp³-hybridized carbons (Fsp3) is 0.444. The predicted molar refractivity (Wildman–Crippen MR) is 94.4 cm³/mol. The Hall–Kier alpha value is -1.55. The molecule has 22 heavy (non-hydrogen) atoms. The van der Waals surface area contributed by atoms with Gasteiger partial charge in [-0.3, -0.25) is 4.79 Å². The zero-order valence-electron chi connectivity index (χ0n) is 13.9. The SMILES string of the molecule is Cc1cc(SCC(=O)NC(C)C(C)C)nc2c(C)cccc12. The summed E-state index contributed by atoms with van der Waals surface area (Å²) in [6.07, 6.45) is 0. The Bertz CT molecular complexity index is 682. The molecule has 2 rings (SSSR count). The topological polar surface area (TPSA) is 42.0 Å². The Balaban J connectivity index is 2.09. The molecule has 0 aliphatic heterocycles. The van der Waals surface area contributed by atoms with Crippen molar-refractivity contribution >= 4 is 28.6 Å². The molecule has 4 heteroatoms. The molecule has 1 atom stereocenters. The number of thioether (sulfide) groups is 1. The van der Waals surface area contributed by atoms with Gasteiger partial charge in [0.15, 0.2) is 0 Å². The monoisotopic (exact) mass is 316 g/mol. The van der Waals surface area contributed by atoms with Gasteiger partial charge in [-0.25, -0.2) is 4.98 Å². The van der Waals surface area contributed by atoms with Crippen molar-refractivity contribution in [1.29, 1.82) is 0 Å². The smallest absolute Gasteiger partial charge is 0.230 e. The van der Waals surface area contributed by atoms with E-state index < -0.39 is 0 Å². The minimum Gasteiger partial charge on any atom is -0.353 e. The summed E-state index contributed by atoms with van der Waals surface area (Å²) in [6.45, 7) is 10.4. The van der Waals surface area contributed by atoms with Gasteiger partial charge < -0.3 is 5.32 Å². The van der Waals surface area contributed by atoms with Crippen LogP contribution in [0.3, 0.4) is 0 Å². The highest BCUT2D eigenvalue weighted by molar-refractivity contribution is 7.99. The molecule has 1 aromatic carbocycles. The number of hydrogen-bond acceptors (Lipinski definition) is 3. The lowest BCUT2D eigenvalue weighted by Gasteiger charge is -2.17. The molecule has 0 saturated heterocycles. The molecule has 1 heterocycles. The van der Waals surface area contributed by atoms with Crippen molar-refractivity contribution in [2.45, 2.75) is 45.7 Å². The Morgan fingerprint density at radius 1 is 1.23 bits per heavy atom. The molecule has 0 saturated carbocycles. The lowest BCUT2D eigenvalue weighted by Crippen LogP contribution is -2.37. The summed E-state index contributed by atoms with van der Waals surface area (Å²) < 4.78 is 0. The van der Waals surface area contributed by atoms with Crippen LogP contribution >= 0.6 is 11.8 Å². The standard InChI is InChI=1S/C18H24N2OS/c1-11(2)14(5)19-16(21)10-22-17-9-13(4)15-8-6-7-12(3)18(15)20-17/h6-9,11,14H,10H2,1-5H3,(H,19,21). The molecule has 2 aromatic rings. The second kappa shape index (κ2) is 7.14. The zero-order chi connectivity index (χ0) is 16.3.